The Bertz CT molecular complexity index is 238. The largest absolute Gasteiger partial charge is 0.280 e. The Kier molecular flexibility index (Phi) is 2.40. The minimum Gasteiger partial charge on any atom is -0.236 e. The maximum absolute atomic E-state index is 12.9. The molecule has 66 valence electrons. The summed E-state index contributed by atoms with van der Waals surface area (Å²) in [7, 11) is 0. The zero-order valence-corrected chi connectivity index (χ0v) is 6.60. The van der Waals surface area contributed by atoms with E-state index in [4.69, 9.17) is 0 Å². The van der Waals surface area contributed by atoms with E-state index in [0.29, 0.717) is 6.92 Å². The Labute approximate surface area is 69.0 Å². The van der Waals surface area contributed by atoms with Gasteiger partial charge < -0.3 is 0 Å². The van der Waals surface area contributed by atoms with Gasteiger partial charge in [-0.25, -0.2) is 13.2 Å². The lowest BCUT2D eigenvalue weighted by atomic mass is 10.1. The van der Waals surface area contributed by atoms with Gasteiger partial charge in [-0.2, -0.15) is 0 Å². The van der Waals surface area contributed by atoms with E-state index in [1.807, 2.05) is 0 Å². The summed E-state index contributed by atoms with van der Waals surface area (Å²) in [6, 6.07) is 7.43. The second-order valence-electron chi connectivity index (χ2n) is 2.73. The van der Waals surface area contributed by atoms with Crippen molar-refractivity contribution >= 4 is 0 Å². The zero-order chi connectivity index (χ0) is 9.19. The van der Waals surface area contributed by atoms with Crippen molar-refractivity contribution in [2.24, 2.45) is 0 Å². The lowest BCUT2D eigenvalue weighted by Gasteiger charge is -2.15. The molecule has 0 saturated heterocycles. The molecule has 0 amide bonds. The fourth-order valence-electron chi connectivity index (χ4n) is 0.915. The van der Waals surface area contributed by atoms with E-state index in [0.717, 1.165) is 0 Å². The van der Waals surface area contributed by atoms with Gasteiger partial charge in [0.15, 0.2) is 6.17 Å². The molecule has 1 unspecified atom stereocenters. The van der Waals surface area contributed by atoms with Crippen molar-refractivity contribution in [3.63, 3.8) is 0 Å². The molecule has 1 rings (SSSR count). The predicted octanol–water partition coefficient (Wildman–Crippen LogP) is 3.35. The molecule has 0 aliphatic rings. The highest BCUT2D eigenvalue weighted by atomic mass is 19.3. The Morgan fingerprint density at radius 3 is 2.08 bits per heavy atom. The van der Waals surface area contributed by atoms with E-state index < -0.39 is 12.1 Å². The first-order valence-electron chi connectivity index (χ1n) is 3.58. The highest BCUT2D eigenvalue weighted by Gasteiger charge is 2.35. The molecule has 0 saturated carbocycles. The van der Waals surface area contributed by atoms with Crippen LogP contribution in [0.2, 0.25) is 0 Å². The average molecular weight is 174 g/mol. The molecule has 0 radical (unpaired) electrons. The molecule has 0 bridgehead atoms. The van der Waals surface area contributed by atoms with Gasteiger partial charge in [0.1, 0.15) is 0 Å². The molecule has 3 heteroatoms. The third-order valence-corrected chi connectivity index (χ3v) is 1.54. The zero-order valence-electron chi connectivity index (χ0n) is 6.60. The number of halogens is 3. The van der Waals surface area contributed by atoms with Crippen LogP contribution in [0.1, 0.15) is 18.7 Å². The smallest absolute Gasteiger partial charge is 0.236 e. The maximum Gasteiger partial charge on any atom is 0.280 e. The fourth-order valence-corrected chi connectivity index (χ4v) is 0.915. The predicted molar refractivity (Wildman–Crippen MR) is 40.9 cm³/mol. The number of rotatable bonds is 2. The molecule has 0 fully saturated rings. The minimum atomic E-state index is -3.30. The Morgan fingerprint density at radius 2 is 1.67 bits per heavy atom. The fraction of sp³-hybridized carbons (Fsp3) is 0.333. The summed E-state index contributed by atoms with van der Waals surface area (Å²) in [4.78, 5) is 0. The summed E-state index contributed by atoms with van der Waals surface area (Å²) in [5.74, 6) is -3.30. The van der Waals surface area contributed by atoms with E-state index in [1.54, 1.807) is 6.07 Å². The molecule has 0 aliphatic carbocycles. The van der Waals surface area contributed by atoms with Crippen LogP contribution in [0.15, 0.2) is 30.3 Å². The summed E-state index contributed by atoms with van der Waals surface area (Å²) in [5.41, 5.74) is 0.0185. The maximum atomic E-state index is 12.9. The van der Waals surface area contributed by atoms with Gasteiger partial charge >= 0.3 is 0 Å². The van der Waals surface area contributed by atoms with Crippen LogP contribution < -0.4 is 0 Å². The normalized spacial score (nSPS) is 14.3. The summed E-state index contributed by atoms with van der Waals surface area (Å²) < 4.78 is 37.7. The van der Waals surface area contributed by atoms with Gasteiger partial charge in [0.25, 0.3) is 5.92 Å². The lowest BCUT2D eigenvalue weighted by Crippen LogP contribution is -2.18. The van der Waals surface area contributed by atoms with Crippen molar-refractivity contribution in [3.05, 3.63) is 35.9 Å². The van der Waals surface area contributed by atoms with Crippen LogP contribution in [-0.2, 0) is 0 Å². The van der Waals surface area contributed by atoms with Gasteiger partial charge in [-0.3, -0.25) is 0 Å². The summed E-state index contributed by atoms with van der Waals surface area (Å²) in [6.45, 7) is 0.574. The molecule has 12 heavy (non-hydrogen) atoms. The van der Waals surface area contributed by atoms with Crippen LogP contribution in [0.3, 0.4) is 0 Å². The third-order valence-electron chi connectivity index (χ3n) is 1.54. The summed E-state index contributed by atoms with van der Waals surface area (Å²) in [6.07, 6.45) is -2.21. The van der Waals surface area contributed by atoms with Crippen LogP contribution in [0.5, 0.6) is 0 Å². The second kappa shape index (κ2) is 3.17. The number of hydrogen-bond acceptors (Lipinski definition) is 0. The first kappa shape index (κ1) is 9.10. The molecule has 0 N–H and O–H groups in total. The van der Waals surface area contributed by atoms with Crippen molar-refractivity contribution < 1.29 is 13.2 Å². The quantitative estimate of drug-likeness (QED) is 0.644. The third kappa shape index (κ3) is 2.00. The first-order valence-corrected chi connectivity index (χ1v) is 3.58. The van der Waals surface area contributed by atoms with Crippen molar-refractivity contribution in [2.75, 3.05) is 0 Å². The standard InChI is InChI=1S/C9H9F3/c1-9(11,12)8(10)7-5-3-2-4-6-7/h2-6,8H,1H3. The number of alkyl halides is 3. The van der Waals surface area contributed by atoms with Crippen molar-refractivity contribution in [2.45, 2.75) is 19.0 Å². The van der Waals surface area contributed by atoms with Crippen LogP contribution in [0.25, 0.3) is 0 Å². The van der Waals surface area contributed by atoms with Crippen LogP contribution in [-0.4, -0.2) is 5.92 Å². The molecule has 0 nitrogen and oxygen atoms in total. The van der Waals surface area contributed by atoms with Gasteiger partial charge in [-0.05, 0) is 5.56 Å². The van der Waals surface area contributed by atoms with Gasteiger partial charge in [-0.15, -0.1) is 0 Å². The van der Waals surface area contributed by atoms with E-state index in [-0.39, 0.29) is 5.56 Å². The molecule has 1 aromatic carbocycles. The van der Waals surface area contributed by atoms with Gasteiger partial charge in [0.05, 0.1) is 0 Å². The van der Waals surface area contributed by atoms with Gasteiger partial charge in [0.2, 0.25) is 0 Å². The van der Waals surface area contributed by atoms with Crippen molar-refractivity contribution in [1.82, 2.24) is 0 Å². The lowest BCUT2D eigenvalue weighted by molar-refractivity contribution is -0.0566. The molecular weight excluding hydrogens is 165 g/mol. The van der Waals surface area contributed by atoms with Crippen molar-refractivity contribution in [1.29, 1.82) is 0 Å². The highest BCUT2D eigenvalue weighted by molar-refractivity contribution is 5.19. The van der Waals surface area contributed by atoms with E-state index in [1.165, 1.54) is 24.3 Å². The van der Waals surface area contributed by atoms with Crippen LogP contribution >= 0.6 is 0 Å². The van der Waals surface area contributed by atoms with Crippen LogP contribution in [0, 0.1) is 0 Å². The van der Waals surface area contributed by atoms with Crippen LogP contribution in [0.4, 0.5) is 13.2 Å². The number of benzene rings is 1. The SMILES string of the molecule is CC(F)(F)C(F)c1ccccc1. The topological polar surface area (TPSA) is 0 Å². The number of hydrogen-bond donors (Lipinski definition) is 0. The van der Waals surface area contributed by atoms with E-state index in [9.17, 15) is 13.2 Å². The monoisotopic (exact) mass is 174 g/mol. The Balaban J connectivity index is 2.86. The summed E-state index contributed by atoms with van der Waals surface area (Å²) >= 11 is 0. The van der Waals surface area contributed by atoms with E-state index >= 15 is 0 Å². The minimum absolute atomic E-state index is 0.0185. The molecule has 0 aromatic heterocycles. The Hall–Kier alpha value is -0.990. The molecule has 1 aromatic rings. The molecule has 1 atom stereocenters. The molecular formula is C9H9F3. The molecule has 0 heterocycles. The second-order valence-corrected chi connectivity index (χ2v) is 2.73. The average Bonchev–Trinajstić information content (AvgIpc) is 2.03. The Morgan fingerprint density at radius 1 is 1.17 bits per heavy atom. The van der Waals surface area contributed by atoms with Crippen molar-refractivity contribution in [3.8, 4) is 0 Å². The van der Waals surface area contributed by atoms with Gasteiger partial charge in [0, 0.05) is 6.92 Å². The van der Waals surface area contributed by atoms with E-state index in [2.05, 4.69) is 0 Å². The highest BCUT2D eigenvalue weighted by Crippen LogP contribution is 2.33. The molecule has 0 spiro atoms. The van der Waals surface area contributed by atoms with Gasteiger partial charge in [-0.1, -0.05) is 30.3 Å². The summed E-state index contributed by atoms with van der Waals surface area (Å²) in [5, 5.41) is 0. The first-order chi connectivity index (χ1) is 5.52. The molecule has 0 aliphatic heterocycles.